The number of benzene rings is 2. The predicted octanol–water partition coefficient (Wildman–Crippen LogP) is 2.51. The molecule has 1 saturated heterocycles. The van der Waals surface area contributed by atoms with Gasteiger partial charge in [-0.15, -0.1) is 0 Å². The summed E-state index contributed by atoms with van der Waals surface area (Å²) in [6.45, 7) is 4.72. The monoisotopic (exact) mass is 440 g/mol. The fraction of sp³-hybridized carbons (Fsp3) is 0.240. The minimum atomic E-state index is -0.313. The first kappa shape index (κ1) is 20.8. The number of para-hydroxylation sites is 1. The van der Waals surface area contributed by atoms with E-state index in [-0.39, 0.29) is 18.0 Å². The van der Waals surface area contributed by atoms with Crippen molar-refractivity contribution in [2.75, 3.05) is 31.1 Å². The van der Waals surface area contributed by atoms with Crippen molar-refractivity contribution in [1.29, 1.82) is 0 Å². The molecule has 8 nitrogen and oxygen atoms in total. The normalized spacial score (nSPS) is 14.0. The number of carbonyl (C=O) groups excluding carboxylic acids is 1. The highest BCUT2D eigenvalue weighted by molar-refractivity contribution is 5.78. The van der Waals surface area contributed by atoms with Gasteiger partial charge in [0.15, 0.2) is 11.5 Å². The van der Waals surface area contributed by atoms with Crippen LogP contribution in [0.2, 0.25) is 0 Å². The standard InChI is InChI=1S/C25H24N6O2/c1-18-7-9-19(10-8-18)23-26-15-21-24(28-23)27-17-31(25(21)33)16-22(32)30-13-11-29(12-14-30)20-5-3-2-4-6-20/h2-10,15,17H,11-14,16H2,1H3. The lowest BCUT2D eigenvalue weighted by atomic mass is 10.1. The Balaban J connectivity index is 1.29. The zero-order valence-electron chi connectivity index (χ0n) is 18.4. The number of fused-ring (bicyclic) bond motifs is 1. The van der Waals surface area contributed by atoms with Gasteiger partial charge in [-0.2, -0.15) is 0 Å². The van der Waals surface area contributed by atoms with E-state index in [0.29, 0.717) is 29.9 Å². The number of nitrogens with zero attached hydrogens (tertiary/aromatic N) is 6. The number of rotatable bonds is 4. The number of aryl methyl sites for hydroxylation is 1. The number of amides is 1. The zero-order valence-corrected chi connectivity index (χ0v) is 18.4. The van der Waals surface area contributed by atoms with Crippen LogP contribution in [0.25, 0.3) is 22.4 Å². The first-order valence-corrected chi connectivity index (χ1v) is 11.0. The van der Waals surface area contributed by atoms with E-state index in [1.807, 2.05) is 49.4 Å². The van der Waals surface area contributed by atoms with Gasteiger partial charge in [0.05, 0.1) is 0 Å². The first-order chi connectivity index (χ1) is 16.1. The van der Waals surface area contributed by atoms with Crippen molar-refractivity contribution in [3.8, 4) is 11.4 Å². The van der Waals surface area contributed by atoms with E-state index >= 15 is 0 Å². The number of aromatic nitrogens is 4. The highest BCUT2D eigenvalue weighted by Gasteiger charge is 2.22. The number of anilines is 1. The molecule has 0 spiro atoms. The van der Waals surface area contributed by atoms with E-state index in [4.69, 9.17) is 0 Å². The van der Waals surface area contributed by atoms with Gasteiger partial charge in [0.1, 0.15) is 18.3 Å². The molecule has 0 atom stereocenters. The summed E-state index contributed by atoms with van der Waals surface area (Å²) in [6.07, 6.45) is 2.89. The third-order valence-electron chi connectivity index (χ3n) is 5.95. The number of hydrogen-bond acceptors (Lipinski definition) is 6. The largest absolute Gasteiger partial charge is 0.368 e. The smallest absolute Gasteiger partial charge is 0.264 e. The molecule has 33 heavy (non-hydrogen) atoms. The van der Waals surface area contributed by atoms with Crippen molar-refractivity contribution in [2.24, 2.45) is 0 Å². The lowest BCUT2D eigenvalue weighted by molar-refractivity contribution is -0.132. The third kappa shape index (κ3) is 4.32. The Kier molecular flexibility index (Phi) is 5.56. The summed E-state index contributed by atoms with van der Waals surface area (Å²) >= 11 is 0. The average molecular weight is 441 g/mol. The van der Waals surface area contributed by atoms with Crippen molar-refractivity contribution in [3.05, 3.63) is 83.0 Å². The van der Waals surface area contributed by atoms with Crippen molar-refractivity contribution >= 4 is 22.6 Å². The van der Waals surface area contributed by atoms with Crippen molar-refractivity contribution in [2.45, 2.75) is 13.5 Å². The Morgan fingerprint density at radius 2 is 1.67 bits per heavy atom. The molecule has 2 aromatic heterocycles. The topological polar surface area (TPSA) is 84.2 Å². The molecule has 1 aliphatic rings. The molecule has 2 aromatic carbocycles. The van der Waals surface area contributed by atoms with Gasteiger partial charge in [0.2, 0.25) is 5.91 Å². The summed E-state index contributed by atoms with van der Waals surface area (Å²) in [5.41, 5.74) is 3.17. The van der Waals surface area contributed by atoms with Gasteiger partial charge in [0.25, 0.3) is 5.56 Å². The molecule has 0 N–H and O–H groups in total. The van der Waals surface area contributed by atoms with Gasteiger partial charge in [-0.25, -0.2) is 15.0 Å². The highest BCUT2D eigenvalue weighted by atomic mass is 16.2. The highest BCUT2D eigenvalue weighted by Crippen LogP contribution is 2.17. The van der Waals surface area contributed by atoms with E-state index in [0.717, 1.165) is 29.9 Å². The number of piperazine rings is 1. The molecule has 0 aliphatic carbocycles. The second kappa shape index (κ2) is 8.82. The van der Waals surface area contributed by atoms with Crippen LogP contribution in [-0.4, -0.2) is 56.5 Å². The van der Waals surface area contributed by atoms with E-state index in [9.17, 15) is 9.59 Å². The maximum Gasteiger partial charge on any atom is 0.264 e. The molecule has 0 saturated carbocycles. The van der Waals surface area contributed by atoms with Crippen LogP contribution in [0.3, 0.4) is 0 Å². The minimum absolute atomic E-state index is 0.0488. The molecule has 4 aromatic rings. The van der Waals surface area contributed by atoms with Crippen molar-refractivity contribution in [3.63, 3.8) is 0 Å². The Labute approximate surface area is 191 Å². The Morgan fingerprint density at radius 3 is 2.39 bits per heavy atom. The van der Waals surface area contributed by atoms with Crippen LogP contribution in [0, 0.1) is 6.92 Å². The van der Waals surface area contributed by atoms with Gasteiger partial charge in [-0.3, -0.25) is 14.2 Å². The fourth-order valence-corrected chi connectivity index (χ4v) is 4.01. The van der Waals surface area contributed by atoms with E-state index in [1.54, 1.807) is 4.90 Å². The molecule has 3 heterocycles. The summed E-state index contributed by atoms with van der Waals surface area (Å²) in [6, 6.07) is 18.0. The Morgan fingerprint density at radius 1 is 0.939 bits per heavy atom. The van der Waals surface area contributed by atoms with Crippen LogP contribution < -0.4 is 10.5 Å². The molecule has 166 valence electrons. The van der Waals surface area contributed by atoms with Crippen LogP contribution >= 0.6 is 0 Å². The van der Waals surface area contributed by atoms with E-state index < -0.39 is 0 Å². The van der Waals surface area contributed by atoms with Gasteiger partial charge in [0, 0.05) is 43.6 Å². The average Bonchev–Trinajstić information content (AvgIpc) is 2.86. The van der Waals surface area contributed by atoms with Gasteiger partial charge < -0.3 is 9.80 Å². The minimum Gasteiger partial charge on any atom is -0.368 e. The fourth-order valence-electron chi connectivity index (χ4n) is 4.01. The van der Waals surface area contributed by atoms with Gasteiger partial charge in [-0.1, -0.05) is 48.0 Å². The zero-order chi connectivity index (χ0) is 22.8. The van der Waals surface area contributed by atoms with Crippen LogP contribution in [0.15, 0.2) is 71.9 Å². The summed E-state index contributed by atoms with van der Waals surface area (Å²) in [7, 11) is 0. The van der Waals surface area contributed by atoms with Crippen molar-refractivity contribution < 1.29 is 4.79 Å². The first-order valence-electron chi connectivity index (χ1n) is 11.0. The Bertz CT molecular complexity index is 1340. The lowest BCUT2D eigenvalue weighted by Gasteiger charge is -2.36. The summed E-state index contributed by atoms with van der Waals surface area (Å²) in [4.78, 5) is 43.0. The molecule has 0 radical (unpaired) electrons. The molecule has 0 bridgehead atoms. The van der Waals surface area contributed by atoms with Crippen LogP contribution in [0.1, 0.15) is 5.56 Å². The Hall–Kier alpha value is -4.07. The number of carbonyl (C=O) groups is 1. The molecule has 5 rings (SSSR count). The molecule has 1 amide bonds. The summed E-state index contributed by atoms with van der Waals surface area (Å²) < 4.78 is 1.34. The van der Waals surface area contributed by atoms with Gasteiger partial charge >= 0.3 is 0 Å². The maximum absolute atomic E-state index is 12.9. The van der Waals surface area contributed by atoms with Crippen molar-refractivity contribution in [1.82, 2.24) is 24.4 Å². The maximum atomic E-state index is 12.9. The van der Waals surface area contributed by atoms with E-state index in [2.05, 4.69) is 32.0 Å². The summed E-state index contributed by atoms with van der Waals surface area (Å²) in [5, 5.41) is 0.301. The predicted molar refractivity (Wildman–Crippen MR) is 127 cm³/mol. The second-order valence-electron chi connectivity index (χ2n) is 8.18. The molecule has 1 fully saturated rings. The summed E-state index contributed by atoms with van der Waals surface area (Å²) in [5.74, 6) is 0.419. The van der Waals surface area contributed by atoms with Gasteiger partial charge in [-0.05, 0) is 19.1 Å². The lowest BCUT2D eigenvalue weighted by Crippen LogP contribution is -2.50. The quantitative estimate of drug-likeness (QED) is 0.485. The van der Waals surface area contributed by atoms with Crippen LogP contribution in [-0.2, 0) is 11.3 Å². The SMILES string of the molecule is Cc1ccc(-c2ncc3c(=O)n(CC(=O)N4CCN(c5ccccc5)CC4)cnc3n2)cc1. The molecular formula is C25H24N6O2. The van der Waals surface area contributed by atoms with E-state index in [1.165, 1.54) is 17.1 Å². The van der Waals surface area contributed by atoms with Crippen LogP contribution in [0.5, 0.6) is 0 Å². The van der Waals surface area contributed by atoms with Crippen LogP contribution in [0.4, 0.5) is 5.69 Å². The molecule has 1 aliphatic heterocycles. The number of hydrogen-bond donors (Lipinski definition) is 0. The molecular weight excluding hydrogens is 416 g/mol. The third-order valence-corrected chi connectivity index (χ3v) is 5.95. The second-order valence-corrected chi connectivity index (χ2v) is 8.18. The molecule has 0 unspecified atom stereocenters. The molecule has 8 heteroatoms.